The zero-order valence-corrected chi connectivity index (χ0v) is 40.6. The normalized spacial score (nSPS) is 21.8. The molecular weight excluding hydrogens is 867 g/mol. The maximum absolute atomic E-state index is 14.8. The molecule has 8 rings (SSSR count). The number of phenols is 1. The van der Waals surface area contributed by atoms with Gasteiger partial charge in [-0.1, -0.05) is 39.8 Å². The number of methoxy groups -OCH3 is 1. The van der Waals surface area contributed by atoms with Crippen molar-refractivity contribution in [2.45, 2.75) is 104 Å². The van der Waals surface area contributed by atoms with Gasteiger partial charge in [0.15, 0.2) is 0 Å². The summed E-state index contributed by atoms with van der Waals surface area (Å²) >= 11 is 0. The van der Waals surface area contributed by atoms with E-state index in [0.717, 1.165) is 44.5 Å². The topological polar surface area (TPSA) is 201 Å². The number of phenolic OH excluding ortho intramolecular Hbond substituents is 1. The Labute approximate surface area is 398 Å². The number of likely N-dealkylation sites (N-methyl/N-ethyl adjacent to an activating group) is 1. The van der Waals surface area contributed by atoms with Crippen molar-refractivity contribution in [1.29, 1.82) is 0 Å². The first-order valence-corrected chi connectivity index (χ1v) is 24.0. The fourth-order valence-corrected chi connectivity index (χ4v) is 10.2. The van der Waals surface area contributed by atoms with E-state index in [-0.39, 0.29) is 55.3 Å². The highest BCUT2D eigenvalue weighted by atomic mass is 16.5. The van der Waals surface area contributed by atoms with Crippen LogP contribution in [0.15, 0.2) is 54.7 Å². The molecule has 2 aromatic carbocycles. The third-order valence-corrected chi connectivity index (χ3v) is 13.9. The quantitative estimate of drug-likeness (QED) is 0.135. The average Bonchev–Trinajstić information content (AvgIpc) is 4.14. The number of nitrogens with zero attached hydrogens (tertiary/aromatic N) is 6. The third-order valence-electron chi connectivity index (χ3n) is 13.9. The summed E-state index contributed by atoms with van der Waals surface area (Å²) in [5, 5.41) is 19.8. The number of esters is 1. The lowest BCUT2D eigenvalue weighted by atomic mass is 9.84. The van der Waals surface area contributed by atoms with Crippen LogP contribution in [0.5, 0.6) is 5.75 Å². The molecule has 17 nitrogen and oxygen atoms in total. The van der Waals surface area contributed by atoms with E-state index in [9.17, 15) is 29.1 Å². The van der Waals surface area contributed by atoms with Gasteiger partial charge in [0.05, 0.1) is 30.1 Å². The van der Waals surface area contributed by atoms with Gasteiger partial charge in [0, 0.05) is 94.5 Å². The van der Waals surface area contributed by atoms with Crippen molar-refractivity contribution < 1.29 is 38.6 Å². The summed E-state index contributed by atoms with van der Waals surface area (Å²) in [5.41, 5.74) is 9.56. The standard InChI is InChI=1S/C51H67N9O8/c1-9-59-42-15-14-33-26-37(42)38(45(59)36-12-10-16-52-43(36)31(4)67-8)27-51(5,6)29-68-49(65)39-13-11-17-60(55-39)48(64)40(24-32-22-34(33)25-35(61)23-32)54-46(62)44(30(2)3)56(7)50(66)58-20-18-57(19-21-58)47(63)41-28-53-41/h10,12,14-16,22-23,25-26,30-31,39-41,44,53,55,61H,9,11,13,17-21,24,27-29H2,1-8H3,(H,54,62)/t31-,39-,40-,41-,44-/m0/s1. The number of aromatic nitrogens is 2. The molecule has 6 heterocycles. The Hall–Kier alpha value is -6.04. The number of hydrogen-bond donors (Lipinski definition) is 4. The van der Waals surface area contributed by atoms with Crippen molar-refractivity contribution in [3.63, 3.8) is 0 Å². The molecule has 2 aromatic heterocycles. The Balaban J connectivity index is 1.16. The van der Waals surface area contributed by atoms with Gasteiger partial charge in [0.2, 0.25) is 11.8 Å². The Morgan fingerprint density at radius 1 is 1.01 bits per heavy atom. The number of fused-ring (bicyclic) bond motifs is 6. The number of benzene rings is 2. The van der Waals surface area contributed by atoms with Crippen LogP contribution in [0, 0.1) is 11.3 Å². The lowest BCUT2D eigenvalue weighted by Gasteiger charge is -2.40. The van der Waals surface area contributed by atoms with Gasteiger partial charge < -0.3 is 44.5 Å². The van der Waals surface area contributed by atoms with E-state index < -0.39 is 41.3 Å². The Kier molecular flexibility index (Phi) is 14.2. The molecule has 4 aliphatic heterocycles. The van der Waals surface area contributed by atoms with Crippen LogP contribution < -0.4 is 16.1 Å². The molecule has 0 saturated carbocycles. The molecule has 6 bridgehead atoms. The highest BCUT2D eigenvalue weighted by molar-refractivity contribution is 5.96. The molecule has 4 aromatic rings. The Morgan fingerprint density at radius 3 is 2.44 bits per heavy atom. The summed E-state index contributed by atoms with van der Waals surface area (Å²) in [6, 6.07) is 12.0. The fourth-order valence-electron chi connectivity index (χ4n) is 10.2. The molecule has 68 heavy (non-hydrogen) atoms. The summed E-state index contributed by atoms with van der Waals surface area (Å²) in [6.45, 7) is 15.1. The minimum absolute atomic E-state index is 0.00685. The summed E-state index contributed by atoms with van der Waals surface area (Å²) in [4.78, 5) is 79.6. The van der Waals surface area contributed by atoms with Crippen molar-refractivity contribution in [2.75, 3.05) is 60.0 Å². The molecule has 5 atom stereocenters. The first-order chi connectivity index (χ1) is 32.5. The molecule has 3 saturated heterocycles. The predicted octanol–water partition coefficient (Wildman–Crippen LogP) is 4.64. The van der Waals surface area contributed by atoms with Crippen molar-refractivity contribution >= 4 is 40.6 Å². The molecule has 0 aliphatic carbocycles. The molecule has 5 amide bonds. The summed E-state index contributed by atoms with van der Waals surface area (Å²) < 4.78 is 14.2. The van der Waals surface area contributed by atoms with Gasteiger partial charge in [-0.15, -0.1) is 0 Å². The minimum Gasteiger partial charge on any atom is -0.508 e. The maximum Gasteiger partial charge on any atom is 0.324 e. The molecule has 4 N–H and O–H groups in total. The fraction of sp³-hybridized carbons (Fsp3) is 0.529. The average molecular weight is 934 g/mol. The van der Waals surface area contributed by atoms with Crippen LogP contribution >= 0.6 is 0 Å². The number of amides is 5. The summed E-state index contributed by atoms with van der Waals surface area (Å²) in [5.74, 6) is -1.79. The van der Waals surface area contributed by atoms with Crippen LogP contribution in [0.4, 0.5) is 4.79 Å². The minimum atomic E-state index is -1.16. The molecular formula is C51H67N9O8. The van der Waals surface area contributed by atoms with Gasteiger partial charge in [0.25, 0.3) is 5.91 Å². The predicted molar refractivity (Wildman–Crippen MR) is 257 cm³/mol. The van der Waals surface area contributed by atoms with Gasteiger partial charge in [-0.2, -0.15) is 0 Å². The number of aryl methyl sites for hydroxylation is 1. The number of nitrogens with one attached hydrogen (secondary N) is 3. The van der Waals surface area contributed by atoms with E-state index in [1.54, 1.807) is 42.3 Å². The highest BCUT2D eigenvalue weighted by Crippen LogP contribution is 2.42. The van der Waals surface area contributed by atoms with Crippen molar-refractivity contribution in [3.05, 3.63) is 71.5 Å². The number of aromatic hydroxyl groups is 1. The molecule has 0 spiro atoms. The van der Waals surface area contributed by atoms with Gasteiger partial charge in [-0.25, -0.2) is 10.2 Å². The number of carbonyl (C=O) groups excluding carboxylic acids is 5. The van der Waals surface area contributed by atoms with E-state index in [4.69, 9.17) is 14.5 Å². The largest absolute Gasteiger partial charge is 0.508 e. The van der Waals surface area contributed by atoms with Crippen LogP contribution in [0.2, 0.25) is 0 Å². The second kappa shape index (κ2) is 19.9. The number of ether oxygens (including phenoxy) is 2. The lowest BCUT2D eigenvalue weighted by molar-refractivity contribution is -0.155. The van der Waals surface area contributed by atoms with Crippen LogP contribution in [0.25, 0.3) is 33.3 Å². The maximum atomic E-state index is 14.8. The molecule has 4 aliphatic rings. The van der Waals surface area contributed by atoms with Gasteiger partial charge >= 0.3 is 12.0 Å². The first-order valence-electron chi connectivity index (χ1n) is 24.0. The van der Waals surface area contributed by atoms with Gasteiger partial charge in [-0.3, -0.25) is 29.2 Å². The van der Waals surface area contributed by atoms with Gasteiger partial charge in [0.1, 0.15) is 23.9 Å². The van der Waals surface area contributed by atoms with Crippen LogP contribution in [-0.2, 0) is 48.0 Å². The van der Waals surface area contributed by atoms with E-state index in [1.165, 1.54) is 9.91 Å². The second-order valence-corrected chi connectivity index (χ2v) is 19.9. The van der Waals surface area contributed by atoms with Crippen molar-refractivity contribution in [2.24, 2.45) is 11.3 Å². The third kappa shape index (κ3) is 10.1. The molecule has 17 heteroatoms. The van der Waals surface area contributed by atoms with E-state index in [0.29, 0.717) is 64.1 Å². The number of cyclic esters (lactones) is 1. The van der Waals surface area contributed by atoms with Gasteiger partial charge in [-0.05, 0) is 97.7 Å². The molecule has 0 radical (unpaired) electrons. The Morgan fingerprint density at radius 2 is 1.75 bits per heavy atom. The van der Waals surface area contributed by atoms with E-state index in [2.05, 4.69) is 59.6 Å². The number of hydrogen-bond acceptors (Lipinski definition) is 11. The molecule has 0 unspecified atom stereocenters. The highest BCUT2D eigenvalue weighted by Gasteiger charge is 2.40. The van der Waals surface area contributed by atoms with Crippen LogP contribution in [0.3, 0.4) is 0 Å². The second-order valence-electron chi connectivity index (χ2n) is 19.9. The van der Waals surface area contributed by atoms with Crippen molar-refractivity contribution in [3.8, 4) is 28.1 Å². The Bertz CT molecular complexity index is 2560. The number of urea groups is 1. The number of carbonyl (C=O) groups is 5. The number of pyridine rings is 1. The lowest BCUT2D eigenvalue weighted by Crippen LogP contribution is -2.63. The van der Waals surface area contributed by atoms with Crippen molar-refractivity contribution in [1.82, 2.24) is 45.3 Å². The number of hydrazine groups is 1. The van der Waals surface area contributed by atoms with E-state index >= 15 is 0 Å². The summed E-state index contributed by atoms with van der Waals surface area (Å²) in [6.07, 6.45) is 2.98. The zero-order valence-electron chi connectivity index (χ0n) is 40.6. The monoisotopic (exact) mass is 934 g/mol. The first kappa shape index (κ1) is 48.4. The SMILES string of the molecule is CCn1c(-c2cccnc2[C@H](C)OC)c2c3cc(ccc31)-c1cc(O)cc(c1)C[C@H](NC(=O)[C@H](C(C)C)N(C)C(=O)N1CCN(C(=O)[C@@H]3CN3)CC1)C(=O)N1CCC[C@H](N1)C(=O)OCC(C)(C)C2. The number of piperazine rings is 1. The van der Waals surface area contributed by atoms with Crippen LogP contribution in [0.1, 0.15) is 77.3 Å². The molecule has 364 valence electrons. The molecule has 3 fully saturated rings. The smallest absolute Gasteiger partial charge is 0.324 e. The van der Waals surface area contributed by atoms with E-state index in [1.807, 2.05) is 39.0 Å². The number of rotatable bonds is 9. The zero-order chi connectivity index (χ0) is 48.6. The summed E-state index contributed by atoms with van der Waals surface area (Å²) in [7, 11) is 3.26. The van der Waals surface area contributed by atoms with Crippen LogP contribution in [-0.4, -0.2) is 148 Å².